The first-order valence-corrected chi connectivity index (χ1v) is 7.88. The van der Waals surface area contributed by atoms with Crippen LogP contribution < -0.4 is 0 Å². The molecule has 0 N–H and O–H groups in total. The largest absolute Gasteiger partial charge is 0.376 e. The summed E-state index contributed by atoms with van der Waals surface area (Å²) in [6.45, 7) is 9.60. The molecule has 22 heavy (non-hydrogen) atoms. The Kier molecular flexibility index (Phi) is 9.36. The van der Waals surface area contributed by atoms with Gasteiger partial charge in [0.1, 0.15) is 0 Å². The summed E-state index contributed by atoms with van der Waals surface area (Å²) in [7, 11) is 4.13. The van der Waals surface area contributed by atoms with Crippen molar-refractivity contribution in [3.05, 3.63) is 0 Å². The van der Waals surface area contributed by atoms with Crippen LogP contribution in [0.2, 0.25) is 0 Å². The van der Waals surface area contributed by atoms with Crippen molar-refractivity contribution in [3.63, 3.8) is 0 Å². The molecule has 1 unspecified atom stereocenters. The predicted molar refractivity (Wildman–Crippen MR) is 98.2 cm³/mol. The molecule has 2 heterocycles. The molecule has 2 aliphatic heterocycles. The van der Waals surface area contributed by atoms with Crippen LogP contribution in [-0.2, 0) is 4.74 Å². The molecule has 0 saturated carbocycles. The lowest BCUT2D eigenvalue weighted by Crippen LogP contribution is -2.50. The minimum absolute atomic E-state index is 0. The standard InChI is InChI=1S/C17H30N2O.2ClH/c1-16(2)14-17(9-13-20-16)8-7-12-19(15-17)11-6-5-10-18(3)4;;/h7-15H2,1-4H3;2*1H. The molecule has 0 radical (unpaired) electrons. The van der Waals surface area contributed by atoms with E-state index in [0.29, 0.717) is 5.41 Å². The highest BCUT2D eigenvalue weighted by molar-refractivity contribution is 5.85. The van der Waals surface area contributed by atoms with Gasteiger partial charge in [0.15, 0.2) is 0 Å². The van der Waals surface area contributed by atoms with Crippen molar-refractivity contribution in [2.24, 2.45) is 5.41 Å². The average molecular weight is 351 g/mol. The van der Waals surface area contributed by atoms with E-state index in [4.69, 9.17) is 4.74 Å². The molecular formula is C17H32Cl2N2O. The zero-order chi connectivity index (χ0) is 14.6. The van der Waals surface area contributed by atoms with Gasteiger partial charge in [-0.1, -0.05) is 11.8 Å². The Labute approximate surface area is 149 Å². The number of rotatable bonds is 2. The van der Waals surface area contributed by atoms with Gasteiger partial charge >= 0.3 is 0 Å². The van der Waals surface area contributed by atoms with Crippen molar-refractivity contribution in [1.82, 2.24) is 9.80 Å². The van der Waals surface area contributed by atoms with Gasteiger partial charge in [-0.3, -0.25) is 9.80 Å². The number of ether oxygens (including phenoxy) is 1. The van der Waals surface area contributed by atoms with E-state index in [1.165, 1.54) is 38.8 Å². The summed E-state index contributed by atoms with van der Waals surface area (Å²) >= 11 is 0. The zero-order valence-corrected chi connectivity index (χ0v) is 16.1. The van der Waals surface area contributed by atoms with Crippen LogP contribution in [-0.4, -0.2) is 62.3 Å². The fourth-order valence-electron chi connectivity index (χ4n) is 3.76. The normalized spacial score (nSPS) is 27.5. The van der Waals surface area contributed by atoms with Gasteiger partial charge in [-0.15, -0.1) is 24.8 Å². The summed E-state index contributed by atoms with van der Waals surface area (Å²) in [5, 5.41) is 0. The minimum atomic E-state index is 0. The Morgan fingerprint density at radius 1 is 1.14 bits per heavy atom. The van der Waals surface area contributed by atoms with Gasteiger partial charge in [0, 0.05) is 13.2 Å². The Balaban J connectivity index is 0.00000220. The van der Waals surface area contributed by atoms with Gasteiger partial charge in [-0.25, -0.2) is 0 Å². The molecule has 5 heteroatoms. The maximum absolute atomic E-state index is 5.90. The van der Waals surface area contributed by atoms with Crippen molar-refractivity contribution >= 4 is 24.8 Å². The molecule has 1 atom stereocenters. The molecule has 0 aromatic carbocycles. The Morgan fingerprint density at radius 2 is 1.86 bits per heavy atom. The summed E-state index contributed by atoms with van der Waals surface area (Å²) in [5.74, 6) is 6.58. The lowest BCUT2D eigenvalue weighted by Gasteiger charge is -2.49. The van der Waals surface area contributed by atoms with Crippen LogP contribution in [0, 0.1) is 17.3 Å². The zero-order valence-electron chi connectivity index (χ0n) is 14.5. The fraction of sp³-hybridized carbons (Fsp3) is 0.882. The van der Waals surface area contributed by atoms with E-state index in [1.807, 2.05) is 0 Å². The maximum Gasteiger partial charge on any atom is 0.0632 e. The monoisotopic (exact) mass is 350 g/mol. The van der Waals surface area contributed by atoms with E-state index in [2.05, 4.69) is 49.6 Å². The second kappa shape index (κ2) is 9.35. The first-order valence-electron chi connectivity index (χ1n) is 7.88. The first-order chi connectivity index (χ1) is 9.41. The van der Waals surface area contributed by atoms with Crippen LogP contribution >= 0.6 is 24.8 Å². The van der Waals surface area contributed by atoms with Gasteiger partial charge in [0.05, 0.1) is 18.7 Å². The summed E-state index contributed by atoms with van der Waals surface area (Å²) in [6, 6.07) is 0. The maximum atomic E-state index is 5.90. The summed E-state index contributed by atoms with van der Waals surface area (Å²) in [6.07, 6.45) is 5.09. The lowest BCUT2D eigenvalue weighted by atomic mass is 9.69. The van der Waals surface area contributed by atoms with Gasteiger partial charge in [0.25, 0.3) is 0 Å². The number of hydrogen-bond donors (Lipinski definition) is 0. The highest BCUT2D eigenvalue weighted by Crippen LogP contribution is 2.44. The number of nitrogens with zero attached hydrogens (tertiary/aromatic N) is 2. The highest BCUT2D eigenvalue weighted by Gasteiger charge is 2.43. The lowest BCUT2D eigenvalue weighted by molar-refractivity contribution is -0.121. The SMILES string of the molecule is CN(C)CC#CCN1CCCC2(CCOC(C)(C)C2)C1.Cl.Cl. The topological polar surface area (TPSA) is 15.7 Å². The number of hydrogen-bond acceptors (Lipinski definition) is 3. The van der Waals surface area contributed by atoms with Crippen LogP contribution in [0.3, 0.4) is 0 Å². The Bertz CT molecular complexity index is 386. The third kappa shape index (κ3) is 6.64. The Hall–Kier alpha value is 0.0200. The molecule has 0 bridgehead atoms. The molecule has 3 nitrogen and oxygen atoms in total. The first kappa shape index (κ1) is 22.0. The van der Waals surface area contributed by atoms with Crippen molar-refractivity contribution in [1.29, 1.82) is 0 Å². The molecule has 0 aliphatic carbocycles. The molecule has 2 fully saturated rings. The predicted octanol–water partition coefficient (Wildman–Crippen LogP) is 3.07. The minimum Gasteiger partial charge on any atom is -0.376 e. The van der Waals surface area contributed by atoms with E-state index in [0.717, 1.165) is 19.7 Å². The molecule has 1 spiro atoms. The Morgan fingerprint density at radius 3 is 2.50 bits per heavy atom. The van der Waals surface area contributed by atoms with Gasteiger partial charge in [0.2, 0.25) is 0 Å². The summed E-state index contributed by atoms with van der Waals surface area (Å²) < 4.78 is 5.90. The van der Waals surface area contributed by atoms with Crippen LogP contribution in [0.4, 0.5) is 0 Å². The van der Waals surface area contributed by atoms with E-state index >= 15 is 0 Å². The smallest absolute Gasteiger partial charge is 0.0632 e. The molecule has 0 aromatic rings. The van der Waals surface area contributed by atoms with E-state index in [1.54, 1.807) is 0 Å². The van der Waals surface area contributed by atoms with Crippen LogP contribution in [0.1, 0.15) is 39.5 Å². The summed E-state index contributed by atoms with van der Waals surface area (Å²) in [4.78, 5) is 4.67. The molecule has 0 amide bonds. The van der Waals surface area contributed by atoms with Crippen LogP contribution in [0.25, 0.3) is 0 Å². The second-order valence-corrected chi connectivity index (χ2v) is 7.44. The molecule has 0 aromatic heterocycles. The van der Waals surface area contributed by atoms with E-state index in [-0.39, 0.29) is 30.4 Å². The third-order valence-electron chi connectivity index (χ3n) is 4.49. The van der Waals surface area contributed by atoms with Crippen LogP contribution in [0.5, 0.6) is 0 Å². The molecule has 2 aliphatic rings. The van der Waals surface area contributed by atoms with Crippen LogP contribution in [0.15, 0.2) is 0 Å². The van der Waals surface area contributed by atoms with Crippen molar-refractivity contribution in [2.45, 2.75) is 45.1 Å². The second-order valence-electron chi connectivity index (χ2n) is 7.44. The average Bonchev–Trinajstić information content (AvgIpc) is 2.33. The third-order valence-corrected chi connectivity index (χ3v) is 4.49. The molecule has 130 valence electrons. The quantitative estimate of drug-likeness (QED) is 0.711. The van der Waals surface area contributed by atoms with E-state index in [9.17, 15) is 0 Å². The number of halogens is 2. The molecule has 2 rings (SSSR count). The summed E-state index contributed by atoms with van der Waals surface area (Å²) in [5.41, 5.74) is 0.529. The van der Waals surface area contributed by atoms with Gasteiger partial charge in [-0.2, -0.15) is 0 Å². The van der Waals surface area contributed by atoms with Crippen molar-refractivity contribution in [3.8, 4) is 11.8 Å². The van der Waals surface area contributed by atoms with Crippen molar-refractivity contribution in [2.75, 3.05) is 46.9 Å². The number of piperidine rings is 1. The van der Waals surface area contributed by atoms with Gasteiger partial charge in [-0.05, 0) is 65.6 Å². The van der Waals surface area contributed by atoms with Gasteiger partial charge < -0.3 is 4.74 Å². The number of likely N-dealkylation sites (tertiary alicyclic amines) is 1. The fourth-order valence-corrected chi connectivity index (χ4v) is 3.76. The molecule has 2 saturated heterocycles. The highest BCUT2D eigenvalue weighted by atomic mass is 35.5. The molecular weight excluding hydrogens is 319 g/mol. The van der Waals surface area contributed by atoms with E-state index < -0.39 is 0 Å². The van der Waals surface area contributed by atoms with Crippen molar-refractivity contribution < 1.29 is 4.74 Å².